The monoisotopic (exact) mass is 892 g/mol. The second-order valence-corrected chi connectivity index (χ2v) is 12.7. The van der Waals surface area contributed by atoms with Gasteiger partial charge in [-0.25, -0.2) is 4.98 Å². The van der Waals surface area contributed by atoms with Crippen molar-refractivity contribution in [3.05, 3.63) is 45.9 Å². The SMILES string of the molecule is Cc1nc(C#Cc2cccc(OCCNC(=O)CC[C@H](C(=O)O)N3CCN(CC(=O)O)CCN(CC(=O)O)CCN(CC(=O)O)CC3)c2)cs1.O.[Gd+3]. The molecule has 0 unspecified atom stereocenters. The minimum absolute atomic E-state index is 0. The molecule has 19 heteroatoms. The van der Waals surface area contributed by atoms with Gasteiger partial charge in [-0.2, -0.15) is 0 Å². The van der Waals surface area contributed by atoms with E-state index in [4.69, 9.17) is 4.74 Å². The number of aromatic nitrogens is 1. The number of nitrogens with zero attached hydrogens (tertiary/aromatic N) is 5. The number of hydrogen-bond acceptors (Lipinski definition) is 12. The van der Waals surface area contributed by atoms with Crippen LogP contribution in [0.25, 0.3) is 0 Å². The molecular weight excluding hydrogens is 846 g/mol. The number of carbonyl (C=O) groups excluding carboxylic acids is 1. The number of thiazole rings is 1. The molecule has 0 spiro atoms. The first-order chi connectivity index (χ1) is 23.9. The van der Waals surface area contributed by atoms with E-state index >= 15 is 0 Å². The van der Waals surface area contributed by atoms with Crippen molar-refractivity contribution in [2.24, 2.45) is 0 Å². The van der Waals surface area contributed by atoms with Crippen molar-refractivity contribution in [1.82, 2.24) is 29.9 Å². The van der Waals surface area contributed by atoms with E-state index in [0.29, 0.717) is 11.4 Å². The Kier molecular flexibility index (Phi) is 22.3. The zero-order valence-electron chi connectivity index (χ0n) is 28.8. The topological polar surface area (TPSA) is 245 Å². The zero-order chi connectivity index (χ0) is 36.5. The van der Waals surface area contributed by atoms with Gasteiger partial charge < -0.3 is 36.0 Å². The van der Waals surface area contributed by atoms with Crippen molar-refractivity contribution in [1.29, 1.82) is 0 Å². The predicted octanol–water partition coefficient (Wildman–Crippen LogP) is -0.770. The standard InChI is InChI=1S/C33H44N6O10S.Gd.H2O/c1-24-35-26(23-50-24)6-5-25-3-2-4-27(19-25)49-18-9-34-29(40)8-7-28(33(47)48)39-16-14-37(21-31(43)44)12-10-36(20-30(41)42)11-13-38(15-17-39)22-32(45)46;;/h2-4,19,23,28H,7-18,20-22H2,1H3,(H,34,40)(H,41,42)(H,43,44)(H,45,46)(H,47,48);;1H2/q;+3;/t28-;;/m1../s1. The summed E-state index contributed by atoms with van der Waals surface area (Å²) in [6.07, 6.45) is -0.137. The molecule has 7 N–H and O–H groups in total. The zero-order valence-corrected chi connectivity index (χ0v) is 31.9. The summed E-state index contributed by atoms with van der Waals surface area (Å²) < 4.78 is 5.76. The first kappa shape index (κ1) is 46.7. The quantitative estimate of drug-likeness (QED) is 0.109. The summed E-state index contributed by atoms with van der Waals surface area (Å²) in [5.41, 5.74) is 1.44. The van der Waals surface area contributed by atoms with Gasteiger partial charge in [0.25, 0.3) is 0 Å². The molecule has 1 radical (unpaired) electrons. The summed E-state index contributed by atoms with van der Waals surface area (Å²) in [6, 6.07) is 6.12. The molecule has 52 heavy (non-hydrogen) atoms. The fourth-order valence-corrected chi connectivity index (χ4v) is 5.86. The molecule has 17 nitrogen and oxygen atoms in total. The van der Waals surface area contributed by atoms with Crippen molar-refractivity contribution in [2.45, 2.75) is 25.8 Å². The first-order valence-electron chi connectivity index (χ1n) is 16.1. The van der Waals surface area contributed by atoms with Crippen molar-refractivity contribution in [2.75, 3.05) is 85.1 Å². The fourth-order valence-electron chi connectivity index (χ4n) is 5.31. The van der Waals surface area contributed by atoms with Gasteiger partial charge in [0.2, 0.25) is 5.91 Å². The normalized spacial score (nSPS) is 15.6. The minimum Gasteiger partial charge on any atom is -0.492 e. The van der Waals surface area contributed by atoms with Crippen molar-refractivity contribution < 1.29 is 94.6 Å². The Morgan fingerprint density at radius 1 is 0.865 bits per heavy atom. The van der Waals surface area contributed by atoms with Crippen LogP contribution in [-0.2, 0) is 24.0 Å². The maximum absolute atomic E-state index is 12.7. The fraction of sp³-hybridized carbons (Fsp3) is 0.515. The third-order valence-corrected chi connectivity index (χ3v) is 8.57. The number of nitrogens with one attached hydrogen (secondary N) is 1. The number of carboxylic acid groups (broad SMARTS) is 4. The van der Waals surface area contributed by atoms with E-state index in [0.717, 1.165) is 10.6 Å². The van der Waals surface area contributed by atoms with Crippen LogP contribution in [0.4, 0.5) is 0 Å². The maximum atomic E-state index is 12.7. The molecule has 3 rings (SSSR count). The average molecular weight is 892 g/mol. The van der Waals surface area contributed by atoms with Gasteiger partial charge in [0.05, 0.1) is 31.2 Å². The van der Waals surface area contributed by atoms with Crippen LogP contribution < -0.4 is 10.1 Å². The smallest absolute Gasteiger partial charge is 0.492 e. The number of carboxylic acids is 4. The molecule has 2 heterocycles. The Hall–Kier alpha value is -3.32. The molecule has 285 valence electrons. The van der Waals surface area contributed by atoms with Gasteiger partial charge in [-0.1, -0.05) is 12.0 Å². The van der Waals surface area contributed by atoms with E-state index in [-0.39, 0.29) is 149 Å². The summed E-state index contributed by atoms with van der Waals surface area (Å²) >= 11 is 1.52. The van der Waals surface area contributed by atoms with E-state index in [1.165, 1.54) is 11.3 Å². The van der Waals surface area contributed by atoms with E-state index in [9.17, 15) is 44.4 Å². The molecule has 0 bridgehead atoms. The molecule has 1 atom stereocenters. The Balaban J connectivity index is 0.00000676. The number of hydrogen-bond donors (Lipinski definition) is 5. The van der Waals surface area contributed by atoms with Crippen LogP contribution in [0.2, 0.25) is 0 Å². The first-order valence-corrected chi connectivity index (χ1v) is 17.0. The van der Waals surface area contributed by atoms with Gasteiger partial charge in [0, 0.05) is 69.7 Å². The largest absolute Gasteiger partial charge is 3.00 e. The van der Waals surface area contributed by atoms with Gasteiger partial charge in [-0.05, 0) is 37.5 Å². The molecule has 1 aliphatic heterocycles. The number of benzene rings is 1. The summed E-state index contributed by atoms with van der Waals surface area (Å²) in [6.45, 7) is 2.76. The summed E-state index contributed by atoms with van der Waals surface area (Å²) in [5, 5.41) is 43.9. The molecule has 2 aromatic rings. The van der Waals surface area contributed by atoms with Crippen LogP contribution in [0.3, 0.4) is 0 Å². The number of rotatable bonds is 15. The van der Waals surface area contributed by atoms with Gasteiger partial charge in [-0.3, -0.25) is 43.6 Å². The third-order valence-electron chi connectivity index (χ3n) is 7.80. The molecular formula is C33H46GdN6O11S+3. The Morgan fingerprint density at radius 2 is 1.40 bits per heavy atom. The Bertz CT molecular complexity index is 1500. The molecule has 1 aromatic heterocycles. The number of amides is 1. The third kappa shape index (κ3) is 18.4. The van der Waals surface area contributed by atoms with Crippen LogP contribution in [0.5, 0.6) is 5.75 Å². The number of carbonyl (C=O) groups is 5. The van der Waals surface area contributed by atoms with Crippen molar-refractivity contribution in [3.63, 3.8) is 0 Å². The average Bonchev–Trinajstić information content (AvgIpc) is 3.47. The predicted molar refractivity (Wildman–Crippen MR) is 186 cm³/mol. The van der Waals surface area contributed by atoms with E-state index in [1.54, 1.807) is 31.7 Å². The second-order valence-electron chi connectivity index (χ2n) is 11.7. The number of aliphatic carboxylic acids is 4. The number of aryl methyl sites for hydroxylation is 1. The molecule has 0 aliphatic carbocycles. The second kappa shape index (κ2) is 24.8. The Labute approximate surface area is 337 Å². The Morgan fingerprint density at radius 3 is 1.88 bits per heavy atom. The van der Waals surface area contributed by atoms with Gasteiger partial charge in [-0.15, -0.1) is 11.3 Å². The summed E-state index contributed by atoms with van der Waals surface area (Å²) in [5.74, 6) is 1.87. The van der Waals surface area contributed by atoms with Crippen LogP contribution in [0, 0.1) is 58.7 Å². The van der Waals surface area contributed by atoms with Crippen LogP contribution in [0.1, 0.15) is 29.1 Å². The molecule has 1 aliphatic rings. The van der Waals surface area contributed by atoms with Crippen molar-refractivity contribution in [3.8, 4) is 17.6 Å². The van der Waals surface area contributed by atoms with Gasteiger partial charge >= 0.3 is 63.8 Å². The molecule has 1 fully saturated rings. The van der Waals surface area contributed by atoms with E-state index in [1.807, 2.05) is 24.4 Å². The minimum atomic E-state index is -1.16. The van der Waals surface area contributed by atoms with Crippen molar-refractivity contribution >= 4 is 41.1 Å². The molecule has 0 saturated carbocycles. The maximum Gasteiger partial charge on any atom is 3.00 e. The van der Waals surface area contributed by atoms with Gasteiger partial charge in [0.1, 0.15) is 24.1 Å². The summed E-state index contributed by atoms with van der Waals surface area (Å²) in [4.78, 5) is 70.4. The molecule has 1 amide bonds. The van der Waals surface area contributed by atoms with E-state index < -0.39 is 29.9 Å². The number of ether oxygens (including phenoxy) is 1. The van der Waals surface area contributed by atoms with Gasteiger partial charge in [0.15, 0.2) is 0 Å². The molecule has 1 aromatic carbocycles. The van der Waals surface area contributed by atoms with Crippen LogP contribution in [0.15, 0.2) is 29.6 Å². The summed E-state index contributed by atoms with van der Waals surface area (Å²) in [7, 11) is 0. The molecule has 1 saturated heterocycles. The van der Waals surface area contributed by atoms with Crippen LogP contribution >= 0.6 is 11.3 Å². The van der Waals surface area contributed by atoms with E-state index in [2.05, 4.69) is 22.1 Å². The van der Waals surface area contributed by atoms with Crippen LogP contribution in [-0.4, -0.2) is 171 Å².